The zero-order valence-corrected chi connectivity index (χ0v) is 20.4. The summed E-state index contributed by atoms with van der Waals surface area (Å²) in [7, 11) is -3.72. The van der Waals surface area contributed by atoms with Gasteiger partial charge in [-0.15, -0.1) is 0 Å². The third-order valence-corrected chi connectivity index (χ3v) is 6.86. The average Bonchev–Trinajstić information content (AvgIpc) is 2.89. The SMILES string of the molecule is CCc1ncnc(-c2ccc(CN)nc2)c1C#CC1=CC(NS(=O)(=O)c2ccccc2)=C(C)NC1. The molecule has 178 valence electrons. The number of nitrogens with two attached hydrogens (primary N) is 1. The third kappa shape index (κ3) is 5.57. The Morgan fingerprint density at radius 2 is 1.89 bits per heavy atom. The molecule has 0 saturated heterocycles. The van der Waals surface area contributed by atoms with Crippen molar-refractivity contribution in [2.24, 2.45) is 5.73 Å². The lowest BCUT2D eigenvalue weighted by molar-refractivity contribution is 0.588. The largest absolute Gasteiger partial charge is 0.382 e. The highest BCUT2D eigenvalue weighted by atomic mass is 32.2. The molecule has 2 aromatic heterocycles. The molecule has 9 heteroatoms. The molecule has 0 atom stereocenters. The van der Waals surface area contributed by atoms with Gasteiger partial charge in [0.05, 0.1) is 33.2 Å². The van der Waals surface area contributed by atoms with Crippen molar-refractivity contribution in [1.82, 2.24) is 25.0 Å². The second-order valence-corrected chi connectivity index (χ2v) is 9.55. The van der Waals surface area contributed by atoms with E-state index < -0.39 is 10.0 Å². The number of sulfonamides is 1. The smallest absolute Gasteiger partial charge is 0.261 e. The molecule has 4 rings (SSSR count). The summed E-state index contributed by atoms with van der Waals surface area (Å²) in [5, 5.41) is 3.21. The maximum Gasteiger partial charge on any atom is 0.261 e. The second-order valence-electron chi connectivity index (χ2n) is 7.87. The summed E-state index contributed by atoms with van der Waals surface area (Å²) in [6, 6.07) is 12.0. The highest BCUT2D eigenvalue weighted by Crippen LogP contribution is 2.23. The predicted molar refractivity (Wildman–Crippen MR) is 135 cm³/mol. The van der Waals surface area contributed by atoms with Gasteiger partial charge in [0.25, 0.3) is 10.0 Å². The van der Waals surface area contributed by atoms with Gasteiger partial charge in [0.2, 0.25) is 0 Å². The van der Waals surface area contributed by atoms with Gasteiger partial charge in [0, 0.05) is 36.1 Å². The maximum absolute atomic E-state index is 12.8. The van der Waals surface area contributed by atoms with Crippen molar-refractivity contribution < 1.29 is 8.42 Å². The van der Waals surface area contributed by atoms with Gasteiger partial charge in [-0.25, -0.2) is 18.4 Å². The minimum absolute atomic E-state index is 0.194. The summed E-state index contributed by atoms with van der Waals surface area (Å²) in [6.45, 7) is 4.67. The molecule has 0 spiro atoms. The van der Waals surface area contributed by atoms with Gasteiger partial charge in [0.1, 0.15) is 6.33 Å². The minimum atomic E-state index is -3.72. The van der Waals surface area contributed by atoms with Gasteiger partial charge in [-0.3, -0.25) is 9.71 Å². The maximum atomic E-state index is 12.8. The van der Waals surface area contributed by atoms with Crippen LogP contribution in [0.2, 0.25) is 0 Å². The number of hydrogen-bond acceptors (Lipinski definition) is 7. The van der Waals surface area contributed by atoms with Gasteiger partial charge in [-0.1, -0.05) is 37.0 Å². The van der Waals surface area contributed by atoms with E-state index in [1.165, 1.54) is 6.33 Å². The van der Waals surface area contributed by atoms with E-state index in [1.807, 2.05) is 26.0 Å². The average molecular weight is 487 g/mol. The van der Waals surface area contributed by atoms with Crippen molar-refractivity contribution in [3.8, 4) is 23.1 Å². The van der Waals surface area contributed by atoms with Crippen LogP contribution >= 0.6 is 0 Å². The number of dihydropyridines is 1. The first-order valence-electron chi connectivity index (χ1n) is 11.2. The Balaban J connectivity index is 1.67. The monoisotopic (exact) mass is 486 g/mol. The molecule has 8 nitrogen and oxygen atoms in total. The van der Waals surface area contributed by atoms with Crippen molar-refractivity contribution in [2.45, 2.75) is 31.7 Å². The van der Waals surface area contributed by atoms with Gasteiger partial charge >= 0.3 is 0 Å². The number of nitrogens with zero attached hydrogens (tertiary/aromatic N) is 3. The number of pyridine rings is 1. The van der Waals surface area contributed by atoms with Crippen LogP contribution in [0.3, 0.4) is 0 Å². The molecule has 3 heterocycles. The first-order chi connectivity index (χ1) is 16.9. The van der Waals surface area contributed by atoms with Crippen molar-refractivity contribution in [3.05, 3.63) is 95.0 Å². The molecule has 0 bridgehead atoms. The molecule has 0 radical (unpaired) electrons. The standard InChI is InChI=1S/C26H26N6O2S/c1-3-24-23(26(31-17-30-24)20-10-11-21(14-27)29-16-20)12-9-19-13-25(18(2)28-15-19)32-35(33,34)22-7-5-4-6-8-22/h4-8,10-11,13,16-17,28,32H,3,14-15,27H2,1-2H3. The Hall–Kier alpha value is -4.00. The number of hydrogen-bond donors (Lipinski definition) is 3. The van der Waals surface area contributed by atoms with Crippen LogP contribution < -0.4 is 15.8 Å². The van der Waals surface area contributed by atoms with Crippen LogP contribution in [0.4, 0.5) is 0 Å². The first-order valence-corrected chi connectivity index (χ1v) is 12.6. The molecule has 1 aromatic carbocycles. The highest BCUT2D eigenvalue weighted by molar-refractivity contribution is 7.89. The molecule has 1 aliphatic rings. The number of aromatic nitrogens is 3. The van der Waals surface area contributed by atoms with E-state index >= 15 is 0 Å². The highest BCUT2D eigenvalue weighted by Gasteiger charge is 2.18. The topological polar surface area (TPSA) is 123 Å². The molecular weight excluding hydrogens is 460 g/mol. The number of aryl methyl sites for hydroxylation is 1. The molecular formula is C26H26N6O2S. The van der Waals surface area contributed by atoms with Crippen LogP contribution in [0.15, 0.2) is 82.9 Å². The Bertz CT molecular complexity index is 1450. The number of nitrogens with one attached hydrogen (secondary N) is 2. The predicted octanol–water partition coefficient (Wildman–Crippen LogP) is 2.65. The summed E-state index contributed by atoms with van der Waals surface area (Å²) in [6.07, 6.45) is 5.71. The van der Waals surface area contributed by atoms with E-state index in [0.29, 0.717) is 30.9 Å². The quantitative estimate of drug-likeness (QED) is 0.458. The number of benzene rings is 1. The van der Waals surface area contributed by atoms with Crippen LogP contribution in [-0.4, -0.2) is 29.9 Å². The lowest BCUT2D eigenvalue weighted by Crippen LogP contribution is -2.30. The molecule has 0 amide bonds. The zero-order chi connectivity index (χ0) is 24.8. The fourth-order valence-corrected chi connectivity index (χ4v) is 4.65. The van der Waals surface area contributed by atoms with Gasteiger partial charge < -0.3 is 11.1 Å². The second kappa shape index (κ2) is 10.5. The Morgan fingerprint density at radius 1 is 1.09 bits per heavy atom. The Kier molecular flexibility index (Phi) is 7.25. The third-order valence-electron chi connectivity index (χ3n) is 5.48. The van der Waals surface area contributed by atoms with Gasteiger partial charge in [0.15, 0.2) is 0 Å². The zero-order valence-electron chi connectivity index (χ0n) is 19.5. The fourth-order valence-electron chi connectivity index (χ4n) is 3.51. The normalized spacial score (nSPS) is 13.4. The number of rotatable bonds is 6. The van der Waals surface area contributed by atoms with Crippen LogP contribution in [-0.2, 0) is 23.0 Å². The fraction of sp³-hybridized carbons (Fsp3) is 0.192. The first kappa shape index (κ1) is 24.1. The number of allylic oxidation sites excluding steroid dienone is 2. The summed E-state index contributed by atoms with van der Waals surface area (Å²) in [5.74, 6) is 6.40. The van der Waals surface area contributed by atoms with Crippen LogP contribution in [0, 0.1) is 11.8 Å². The molecule has 1 aliphatic heterocycles. The molecule has 0 fully saturated rings. The van der Waals surface area contributed by atoms with E-state index in [4.69, 9.17) is 5.73 Å². The molecule has 35 heavy (non-hydrogen) atoms. The lowest BCUT2D eigenvalue weighted by atomic mass is 10.0. The summed E-state index contributed by atoms with van der Waals surface area (Å²) in [4.78, 5) is 13.4. The summed E-state index contributed by atoms with van der Waals surface area (Å²) >= 11 is 0. The summed E-state index contributed by atoms with van der Waals surface area (Å²) < 4.78 is 28.3. The van der Waals surface area contributed by atoms with Crippen molar-refractivity contribution in [1.29, 1.82) is 0 Å². The van der Waals surface area contributed by atoms with Crippen molar-refractivity contribution in [2.75, 3.05) is 6.54 Å². The van der Waals surface area contributed by atoms with Crippen molar-refractivity contribution >= 4 is 10.0 Å². The molecule has 3 aromatic rings. The molecule has 4 N–H and O–H groups in total. The minimum Gasteiger partial charge on any atom is -0.382 e. The van der Waals surface area contributed by atoms with Crippen molar-refractivity contribution in [3.63, 3.8) is 0 Å². The van der Waals surface area contributed by atoms with Crippen LogP contribution in [0.25, 0.3) is 11.3 Å². The Labute approximate surface area is 205 Å². The lowest BCUT2D eigenvalue weighted by Gasteiger charge is -2.19. The molecule has 0 saturated carbocycles. The van der Waals surface area contributed by atoms with Crippen LogP contribution in [0.1, 0.15) is 30.8 Å². The van der Waals surface area contributed by atoms with E-state index in [9.17, 15) is 8.42 Å². The summed E-state index contributed by atoms with van der Waals surface area (Å²) in [5.41, 5.74) is 11.4. The van der Waals surface area contributed by atoms with Gasteiger partial charge in [-0.05, 0) is 43.7 Å². The molecule has 0 aliphatic carbocycles. The molecule has 0 unspecified atom stereocenters. The van der Waals surface area contributed by atoms with E-state index in [0.717, 1.165) is 33.8 Å². The van der Waals surface area contributed by atoms with E-state index in [1.54, 1.807) is 42.6 Å². The van der Waals surface area contributed by atoms with E-state index in [2.05, 4.69) is 36.8 Å². The van der Waals surface area contributed by atoms with Crippen LogP contribution in [0.5, 0.6) is 0 Å². The van der Waals surface area contributed by atoms with E-state index in [-0.39, 0.29) is 4.90 Å². The Morgan fingerprint density at radius 3 is 2.57 bits per heavy atom. The van der Waals surface area contributed by atoms with Gasteiger partial charge in [-0.2, -0.15) is 0 Å².